The van der Waals surface area contributed by atoms with Gasteiger partial charge >= 0.3 is 0 Å². The standard InChI is InChI=1S/C34H25FN6O/c1-20-10-22(13-24(35)11-20)26-8-5-9-29-27(26)15-31(39-29)34-28-16-30(37-19-32(28)40-41-34)23-14-25(18-36-17-23)38-33(42)12-21-6-3-2-4-7-21/h2-11,13-19,39H,12H2,1H3,(H,38,42)(H,40,41). The lowest BCUT2D eigenvalue weighted by Gasteiger charge is -2.07. The van der Waals surface area contributed by atoms with Crippen LogP contribution in [0.2, 0.25) is 0 Å². The summed E-state index contributed by atoms with van der Waals surface area (Å²) in [5.41, 5.74) is 8.91. The summed E-state index contributed by atoms with van der Waals surface area (Å²) in [6.07, 6.45) is 5.36. The molecule has 0 bridgehead atoms. The topological polar surface area (TPSA) is 99.3 Å². The Hall–Kier alpha value is -5.63. The predicted octanol–water partition coefficient (Wildman–Crippen LogP) is 7.46. The number of carbonyl (C=O) groups excluding carboxylic acids is 1. The van der Waals surface area contributed by atoms with Crippen molar-refractivity contribution >= 4 is 33.4 Å². The molecule has 7 nitrogen and oxygen atoms in total. The average molecular weight is 553 g/mol. The van der Waals surface area contributed by atoms with E-state index >= 15 is 0 Å². The molecule has 0 aliphatic heterocycles. The van der Waals surface area contributed by atoms with Crippen molar-refractivity contribution in [3.63, 3.8) is 0 Å². The molecule has 3 aromatic carbocycles. The van der Waals surface area contributed by atoms with Crippen LogP contribution in [0.5, 0.6) is 0 Å². The van der Waals surface area contributed by atoms with Crippen LogP contribution < -0.4 is 5.32 Å². The summed E-state index contributed by atoms with van der Waals surface area (Å²) in [6.45, 7) is 1.89. The van der Waals surface area contributed by atoms with Crippen molar-refractivity contribution < 1.29 is 9.18 Å². The summed E-state index contributed by atoms with van der Waals surface area (Å²) in [7, 11) is 0. The van der Waals surface area contributed by atoms with Crippen molar-refractivity contribution in [1.29, 1.82) is 0 Å². The van der Waals surface area contributed by atoms with E-state index < -0.39 is 0 Å². The van der Waals surface area contributed by atoms with E-state index in [0.29, 0.717) is 11.4 Å². The Bertz CT molecular complexity index is 2080. The number of fused-ring (bicyclic) bond motifs is 2. The quantitative estimate of drug-likeness (QED) is 0.199. The monoisotopic (exact) mass is 552 g/mol. The van der Waals surface area contributed by atoms with Gasteiger partial charge in [0, 0.05) is 28.0 Å². The highest BCUT2D eigenvalue weighted by molar-refractivity contribution is 6.01. The maximum Gasteiger partial charge on any atom is 0.228 e. The van der Waals surface area contributed by atoms with Gasteiger partial charge in [0.1, 0.15) is 11.5 Å². The molecule has 0 unspecified atom stereocenters. The Labute approximate surface area is 240 Å². The number of rotatable bonds is 6. The fourth-order valence-corrected chi connectivity index (χ4v) is 5.34. The lowest BCUT2D eigenvalue weighted by molar-refractivity contribution is -0.115. The van der Waals surface area contributed by atoms with Crippen LogP contribution in [0.1, 0.15) is 11.1 Å². The third-order valence-electron chi connectivity index (χ3n) is 7.24. The van der Waals surface area contributed by atoms with E-state index in [9.17, 15) is 9.18 Å². The molecule has 204 valence electrons. The van der Waals surface area contributed by atoms with Crippen LogP contribution >= 0.6 is 0 Å². The number of halogens is 1. The largest absolute Gasteiger partial charge is 0.353 e. The summed E-state index contributed by atoms with van der Waals surface area (Å²) < 4.78 is 14.2. The number of amides is 1. The second-order valence-electron chi connectivity index (χ2n) is 10.3. The minimum Gasteiger partial charge on any atom is -0.353 e. The van der Waals surface area contributed by atoms with E-state index in [-0.39, 0.29) is 18.1 Å². The number of nitrogens with zero attached hydrogens (tertiary/aromatic N) is 3. The highest BCUT2D eigenvalue weighted by Gasteiger charge is 2.16. The SMILES string of the molecule is Cc1cc(F)cc(-c2cccc3[nH]c(-c4n[nH]c5cnc(-c6cncc(NC(=O)Cc7ccccc7)c6)cc45)cc23)c1. The van der Waals surface area contributed by atoms with Crippen molar-refractivity contribution in [1.82, 2.24) is 25.1 Å². The molecule has 0 saturated heterocycles. The van der Waals surface area contributed by atoms with Gasteiger partial charge < -0.3 is 10.3 Å². The minimum atomic E-state index is -0.259. The van der Waals surface area contributed by atoms with Crippen molar-refractivity contribution in [2.45, 2.75) is 13.3 Å². The van der Waals surface area contributed by atoms with Crippen molar-refractivity contribution in [2.24, 2.45) is 0 Å². The van der Waals surface area contributed by atoms with Crippen LogP contribution in [0.3, 0.4) is 0 Å². The number of hydrogen-bond acceptors (Lipinski definition) is 4. The Morgan fingerprint density at radius 1 is 0.857 bits per heavy atom. The number of hydrogen-bond donors (Lipinski definition) is 3. The third kappa shape index (κ3) is 4.90. The molecule has 3 N–H and O–H groups in total. The molecule has 4 aromatic heterocycles. The maximum absolute atomic E-state index is 14.2. The number of aromatic amines is 2. The number of pyridine rings is 2. The first kappa shape index (κ1) is 25.3. The van der Waals surface area contributed by atoms with Crippen LogP contribution in [0.25, 0.3) is 55.6 Å². The maximum atomic E-state index is 14.2. The highest BCUT2D eigenvalue weighted by Crippen LogP contribution is 2.35. The van der Waals surface area contributed by atoms with Gasteiger partial charge in [-0.2, -0.15) is 5.10 Å². The minimum absolute atomic E-state index is 0.118. The van der Waals surface area contributed by atoms with Gasteiger partial charge in [0.25, 0.3) is 0 Å². The molecule has 0 radical (unpaired) electrons. The average Bonchev–Trinajstić information content (AvgIpc) is 3.61. The first-order valence-electron chi connectivity index (χ1n) is 13.5. The molecular weight excluding hydrogens is 527 g/mol. The molecule has 0 atom stereocenters. The Morgan fingerprint density at radius 2 is 1.74 bits per heavy atom. The molecule has 42 heavy (non-hydrogen) atoms. The van der Waals surface area contributed by atoms with Gasteiger partial charge in [-0.25, -0.2) is 4.39 Å². The Kier molecular flexibility index (Phi) is 6.28. The molecule has 0 spiro atoms. The van der Waals surface area contributed by atoms with Gasteiger partial charge in [0.15, 0.2) is 0 Å². The van der Waals surface area contributed by atoms with E-state index in [4.69, 9.17) is 0 Å². The first-order valence-corrected chi connectivity index (χ1v) is 13.5. The highest BCUT2D eigenvalue weighted by atomic mass is 19.1. The normalized spacial score (nSPS) is 11.3. The summed E-state index contributed by atoms with van der Waals surface area (Å²) in [5.74, 6) is -0.377. The van der Waals surface area contributed by atoms with Gasteiger partial charge in [-0.3, -0.25) is 19.9 Å². The second-order valence-corrected chi connectivity index (χ2v) is 10.3. The summed E-state index contributed by atoms with van der Waals surface area (Å²) in [5, 5.41) is 12.5. The van der Waals surface area contributed by atoms with Crippen LogP contribution in [-0.4, -0.2) is 31.1 Å². The Balaban J connectivity index is 1.22. The number of H-pyrrole nitrogens is 2. The molecule has 4 heterocycles. The predicted molar refractivity (Wildman–Crippen MR) is 163 cm³/mol. The smallest absolute Gasteiger partial charge is 0.228 e. The van der Waals surface area contributed by atoms with Crippen molar-refractivity contribution in [2.75, 3.05) is 5.32 Å². The van der Waals surface area contributed by atoms with E-state index in [2.05, 4.69) is 30.5 Å². The second kappa shape index (κ2) is 10.4. The number of carbonyl (C=O) groups is 1. The molecule has 1 amide bonds. The fraction of sp³-hybridized carbons (Fsp3) is 0.0588. The van der Waals surface area contributed by atoms with Crippen LogP contribution in [0.15, 0.2) is 104 Å². The molecular formula is C34H25FN6O. The van der Waals surface area contributed by atoms with Crippen LogP contribution in [0, 0.1) is 12.7 Å². The number of benzene rings is 3. The number of aryl methyl sites for hydroxylation is 1. The summed E-state index contributed by atoms with van der Waals surface area (Å²) in [4.78, 5) is 25.0. The number of aromatic nitrogens is 5. The number of anilines is 1. The molecule has 0 aliphatic carbocycles. The fourth-order valence-electron chi connectivity index (χ4n) is 5.34. The molecule has 0 aliphatic rings. The van der Waals surface area contributed by atoms with Gasteiger partial charge in [-0.15, -0.1) is 0 Å². The zero-order valence-electron chi connectivity index (χ0n) is 22.6. The molecule has 0 saturated carbocycles. The Morgan fingerprint density at radius 3 is 2.60 bits per heavy atom. The zero-order valence-corrected chi connectivity index (χ0v) is 22.6. The van der Waals surface area contributed by atoms with E-state index in [1.54, 1.807) is 24.7 Å². The third-order valence-corrected chi connectivity index (χ3v) is 7.24. The van der Waals surface area contributed by atoms with Crippen molar-refractivity contribution in [3.8, 4) is 33.8 Å². The van der Waals surface area contributed by atoms with Crippen LogP contribution in [0.4, 0.5) is 10.1 Å². The molecule has 7 aromatic rings. The zero-order chi connectivity index (χ0) is 28.6. The van der Waals surface area contributed by atoms with Crippen molar-refractivity contribution in [3.05, 3.63) is 120 Å². The van der Waals surface area contributed by atoms with Gasteiger partial charge in [0.05, 0.1) is 41.4 Å². The lowest BCUT2D eigenvalue weighted by Crippen LogP contribution is -2.14. The summed E-state index contributed by atoms with van der Waals surface area (Å²) >= 11 is 0. The molecule has 0 fully saturated rings. The first-order chi connectivity index (χ1) is 20.5. The molecule has 8 heteroatoms. The lowest BCUT2D eigenvalue weighted by atomic mass is 9.99. The van der Waals surface area contributed by atoms with E-state index in [1.807, 2.05) is 79.7 Å². The van der Waals surface area contributed by atoms with Gasteiger partial charge in [-0.1, -0.05) is 48.5 Å². The number of nitrogens with one attached hydrogen (secondary N) is 3. The van der Waals surface area contributed by atoms with Gasteiger partial charge in [0.2, 0.25) is 5.91 Å². The van der Waals surface area contributed by atoms with Gasteiger partial charge in [-0.05, 0) is 65.6 Å². The van der Waals surface area contributed by atoms with E-state index in [0.717, 1.165) is 61.0 Å². The van der Waals surface area contributed by atoms with E-state index in [1.165, 1.54) is 6.07 Å². The van der Waals surface area contributed by atoms with Crippen LogP contribution in [-0.2, 0) is 11.2 Å². The molecule has 7 rings (SSSR count). The summed E-state index contributed by atoms with van der Waals surface area (Å²) in [6, 6.07) is 26.5.